The summed E-state index contributed by atoms with van der Waals surface area (Å²) in [6, 6.07) is 11.1. The normalized spacial score (nSPS) is 12.1. The van der Waals surface area contributed by atoms with Gasteiger partial charge in [0.2, 0.25) is 5.76 Å². The number of benzene rings is 1. The van der Waals surface area contributed by atoms with E-state index in [0.717, 1.165) is 17.1 Å². The van der Waals surface area contributed by atoms with E-state index >= 15 is 0 Å². The number of nitrogens with one attached hydrogen (secondary N) is 1. The zero-order valence-corrected chi connectivity index (χ0v) is 12.8. The molecule has 21 heavy (non-hydrogen) atoms. The van der Waals surface area contributed by atoms with E-state index in [1.54, 1.807) is 12.1 Å². The molecule has 0 aliphatic carbocycles. The van der Waals surface area contributed by atoms with Gasteiger partial charge in [-0.25, -0.2) is 4.79 Å². The number of carbonyl (C=O) groups is 1. The van der Waals surface area contributed by atoms with Gasteiger partial charge in [-0.05, 0) is 36.7 Å². The summed E-state index contributed by atoms with van der Waals surface area (Å²) < 4.78 is 10.2. The van der Waals surface area contributed by atoms with E-state index < -0.39 is 5.97 Å². The van der Waals surface area contributed by atoms with Gasteiger partial charge in [0.05, 0.1) is 13.2 Å². The highest BCUT2D eigenvalue weighted by atomic mass is 35.5. The summed E-state index contributed by atoms with van der Waals surface area (Å²) in [5.74, 6) is 0.418. The Morgan fingerprint density at radius 2 is 2.10 bits per heavy atom. The molecule has 0 aliphatic rings. The first kappa shape index (κ1) is 15.6. The van der Waals surface area contributed by atoms with Crippen molar-refractivity contribution in [3.63, 3.8) is 0 Å². The summed E-state index contributed by atoms with van der Waals surface area (Å²) >= 11 is 6.20. The van der Waals surface area contributed by atoms with E-state index in [1.807, 2.05) is 31.2 Å². The van der Waals surface area contributed by atoms with E-state index in [4.69, 9.17) is 16.0 Å². The molecule has 1 aromatic heterocycles. The van der Waals surface area contributed by atoms with Crippen molar-refractivity contribution in [1.82, 2.24) is 5.32 Å². The van der Waals surface area contributed by atoms with Gasteiger partial charge in [-0.1, -0.05) is 36.7 Å². The molecule has 0 saturated carbocycles. The minimum absolute atomic E-state index is 0.0479. The molecule has 5 heteroatoms. The third-order valence-corrected chi connectivity index (χ3v) is 3.56. The van der Waals surface area contributed by atoms with E-state index in [2.05, 4.69) is 10.1 Å². The molecule has 0 saturated heterocycles. The molecule has 1 unspecified atom stereocenters. The van der Waals surface area contributed by atoms with Crippen LogP contribution in [0.2, 0.25) is 5.02 Å². The molecule has 112 valence electrons. The molecule has 1 aromatic carbocycles. The summed E-state index contributed by atoms with van der Waals surface area (Å²) in [5, 5.41) is 4.06. The SMILES string of the molecule is CCNC(Cc1ccccc1Cl)c1ccc(C(=O)OC)o1. The molecule has 0 fully saturated rings. The number of methoxy groups -OCH3 is 1. The van der Waals surface area contributed by atoms with Crippen LogP contribution in [-0.2, 0) is 11.2 Å². The van der Waals surface area contributed by atoms with Crippen LogP contribution in [0.5, 0.6) is 0 Å². The van der Waals surface area contributed by atoms with Crippen LogP contribution in [0.1, 0.15) is 34.8 Å². The number of halogens is 1. The first-order valence-electron chi connectivity index (χ1n) is 6.80. The molecule has 0 bridgehead atoms. The molecule has 2 rings (SSSR count). The molecule has 2 aromatic rings. The van der Waals surface area contributed by atoms with Crippen LogP contribution in [0.3, 0.4) is 0 Å². The lowest BCUT2D eigenvalue weighted by Gasteiger charge is -2.16. The number of hydrogen-bond acceptors (Lipinski definition) is 4. The second kappa shape index (κ2) is 7.29. The second-order valence-corrected chi connectivity index (χ2v) is 5.01. The Morgan fingerprint density at radius 3 is 2.76 bits per heavy atom. The summed E-state index contributed by atoms with van der Waals surface area (Å²) in [6.45, 7) is 2.80. The monoisotopic (exact) mass is 307 g/mol. The van der Waals surface area contributed by atoms with Crippen LogP contribution in [-0.4, -0.2) is 19.6 Å². The Morgan fingerprint density at radius 1 is 1.33 bits per heavy atom. The molecule has 1 N–H and O–H groups in total. The van der Waals surface area contributed by atoms with Crippen LogP contribution in [0, 0.1) is 0 Å². The Kier molecular flexibility index (Phi) is 5.42. The minimum Gasteiger partial charge on any atom is -0.463 e. The van der Waals surface area contributed by atoms with E-state index in [9.17, 15) is 4.79 Å². The lowest BCUT2D eigenvalue weighted by atomic mass is 10.0. The van der Waals surface area contributed by atoms with Gasteiger partial charge in [-0.3, -0.25) is 0 Å². The zero-order valence-electron chi connectivity index (χ0n) is 12.1. The molecular formula is C16H18ClNO3. The van der Waals surface area contributed by atoms with Gasteiger partial charge < -0.3 is 14.5 Å². The van der Waals surface area contributed by atoms with Gasteiger partial charge in [0.1, 0.15) is 5.76 Å². The van der Waals surface area contributed by atoms with Gasteiger partial charge in [-0.15, -0.1) is 0 Å². The highest BCUT2D eigenvalue weighted by molar-refractivity contribution is 6.31. The van der Waals surface area contributed by atoms with Gasteiger partial charge in [0.25, 0.3) is 0 Å². The minimum atomic E-state index is -0.478. The molecule has 0 spiro atoms. The first-order chi connectivity index (χ1) is 10.2. The number of hydrogen-bond donors (Lipinski definition) is 1. The quantitative estimate of drug-likeness (QED) is 0.828. The summed E-state index contributed by atoms with van der Waals surface area (Å²) in [6.07, 6.45) is 0.682. The van der Waals surface area contributed by atoms with Gasteiger partial charge in [0.15, 0.2) is 0 Å². The fraction of sp³-hybridized carbons (Fsp3) is 0.312. The van der Waals surface area contributed by atoms with E-state index in [-0.39, 0.29) is 11.8 Å². The summed E-state index contributed by atoms with van der Waals surface area (Å²) in [5.41, 5.74) is 1.03. The number of esters is 1. The number of carbonyl (C=O) groups excluding carboxylic acids is 1. The van der Waals surface area contributed by atoms with Crippen molar-refractivity contribution < 1.29 is 13.9 Å². The van der Waals surface area contributed by atoms with Gasteiger partial charge >= 0.3 is 5.97 Å². The van der Waals surface area contributed by atoms with Crippen LogP contribution >= 0.6 is 11.6 Å². The third-order valence-electron chi connectivity index (χ3n) is 3.19. The van der Waals surface area contributed by atoms with Crippen molar-refractivity contribution in [1.29, 1.82) is 0 Å². The predicted octanol–water partition coefficient (Wildman–Crippen LogP) is 3.61. The largest absolute Gasteiger partial charge is 0.463 e. The Bertz CT molecular complexity index is 609. The number of likely N-dealkylation sites (N-methyl/N-ethyl adjacent to an activating group) is 1. The number of rotatable bonds is 6. The fourth-order valence-corrected chi connectivity index (χ4v) is 2.37. The van der Waals surface area contributed by atoms with Crippen molar-refractivity contribution in [2.24, 2.45) is 0 Å². The average molecular weight is 308 g/mol. The lowest BCUT2D eigenvalue weighted by Crippen LogP contribution is -2.22. The van der Waals surface area contributed by atoms with Crippen molar-refractivity contribution in [3.8, 4) is 0 Å². The molecular weight excluding hydrogens is 290 g/mol. The van der Waals surface area contributed by atoms with Gasteiger partial charge in [-0.2, -0.15) is 0 Å². The maximum atomic E-state index is 11.5. The Hall–Kier alpha value is -1.78. The maximum Gasteiger partial charge on any atom is 0.373 e. The van der Waals surface area contributed by atoms with Crippen molar-refractivity contribution in [3.05, 3.63) is 58.5 Å². The van der Waals surface area contributed by atoms with Crippen LogP contribution in [0.25, 0.3) is 0 Å². The van der Waals surface area contributed by atoms with E-state index in [0.29, 0.717) is 12.2 Å². The zero-order chi connectivity index (χ0) is 15.2. The van der Waals surface area contributed by atoms with Crippen molar-refractivity contribution >= 4 is 17.6 Å². The third kappa shape index (κ3) is 3.86. The van der Waals surface area contributed by atoms with Crippen molar-refractivity contribution in [2.75, 3.05) is 13.7 Å². The van der Waals surface area contributed by atoms with Crippen LogP contribution < -0.4 is 5.32 Å². The number of ether oxygens (including phenoxy) is 1. The molecule has 0 amide bonds. The van der Waals surface area contributed by atoms with E-state index in [1.165, 1.54) is 7.11 Å². The molecule has 0 aliphatic heterocycles. The second-order valence-electron chi connectivity index (χ2n) is 4.60. The average Bonchev–Trinajstić information content (AvgIpc) is 2.98. The van der Waals surface area contributed by atoms with Gasteiger partial charge in [0, 0.05) is 5.02 Å². The topological polar surface area (TPSA) is 51.5 Å². The van der Waals surface area contributed by atoms with Crippen LogP contribution in [0.15, 0.2) is 40.8 Å². The standard InChI is InChI=1S/C16H18ClNO3/c1-3-18-13(10-11-6-4-5-7-12(11)17)14-8-9-15(21-14)16(19)20-2/h4-9,13,18H,3,10H2,1-2H3. The molecule has 1 atom stereocenters. The molecule has 0 radical (unpaired) electrons. The van der Waals surface area contributed by atoms with Crippen molar-refractivity contribution in [2.45, 2.75) is 19.4 Å². The smallest absolute Gasteiger partial charge is 0.373 e. The Balaban J connectivity index is 2.21. The van der Waals surface area contributed by atoms with Crippen LogP contribution in [0.4, 0.5) is 0 Å². The first-order valence-corrected chi connectivity index (χ1v) is 7.18. The Labute approximate surface area is 129 Å². The predicted molar refractivity (Wildman–Crippen MR) is 81.6 cm³/mol. The highest BCUT2D eigenvalue weighted by Gasteiger charge is 2.19. The molecule has 4 nitrogen and oxygen atoms in total. The maximum absolute atomic E-state index is 11.5. The summed E-state index contributed by atoms with van der Waals surface area (Å²) in [4.78, 5) is 11.5. The fourth-order valence-electron chi connectivity index (χ4n) is 2.15. The lowest BCUT2D eigenvalue weighted by molar-refractivity contribution is 0.0562. The number of furan rings is 1. The molecule has 1 heterocycles. The summed E-state index contributed by atoms with van der Waals surface area (Å²) in [7, 11) is 1.33. The highest BCUT2D eigenvalue weighted by Crippen LogP contribution is 2.25.